The Morgan fingerprint density at radius 1 is 1.13 bits per heavy atom. The number of piperazine rings is 1. The fraction of sp³-hybridized carbons (Fsp3) is 0.435. The average Bonchev–Trinajstić information content (AvgIpc) is 2.79. The predicted octanol–water partition coefficient (Wildman–Crippen LogP) is 3.44. The predicted molar refractivity (Wildman–Crippen MR) is 125 cm³/mol. The Bertz CT molecular complexity index is 856. The van der Waals surface area contributed by atoms with E-state index >= 15 is 0 Å². The molecule has 1 unspecified atom stereocenters. The van der Waals surface area contributed by atoms with Gasteiger partial charge in [-0.3, -0.25) is 9.69 Å². The van der Waals surface area contributed by atoms with Crippen molar-refractivity contribution in [2.75, 3.05) is 38.0 Å². The summed E-state index contributed by atoms with van der Waals surface area (Å²) >= 11 is 1.67. The molecule has 3 amide bonds. The van der Waals surface area contributed by atoms with E-state index < -0.39 is 0 Å². The van der Waals surface area contributed by atoms with Crippen LogP contribution in [0.2, 0.25) is 0 Å². The van der Waals surface area contributed by atoms with Gasteiger partial charge in [0.05, 0.1) is 11.6 Å². The highest BCUT2D eigenvalue weighted by molar-refractivity contribution is 7.98. The smallest absolute Gasteiger partial charge is 0.321 e. The Kier molecular flexibility index (Phi) is 8.73. The van der Waals surface area contributed by atoms with Gasteiger partial charge in [-0.25, -0.2) is 9.78 Å². The zero-order valence-corrected chi connectivity index (χ0v) is 19.0. The van der Waals surface area contributed by atoms with Crippen LogP contribution >= 0.6 is 11.8 Å². The topological polar surface area (TPSA) is 77.6 Å². The molecule has 2 heterocycles. The van der Waals surface area contributed by atoms with Crippen LogP contribution in [-0.4, -0.2) is 65.5 Å². The second-order valence-corrected chi connectivity index (χ2v) is 8.72. The summed E-state index contributed by atoms with van der Waals surface area (Å²) in [7, 11) is 0. The van der Waals surface area contributed by atoms with Gasteiger partial charge in [-0.1, -0.05) is 25.1 Å². The van der Waals surface area contributed by atoms with E-state index in [1.54, 1.807) is 22.9 Å². The number of nitrogens with one attached hydrogen (secondary N) is 2. The highest BCUT2D eigenvalue weighted by Gasteiger charge is 2.22. The third-order valence-electron chi connectivity index (χ3n) is 5.25. The van der Waals surface area contributed by atoms with E-state index in [2.05, 4.69) is 33.5 Å². The van der Waals surface area contributed by atoms with Crippen LogP contribution in [0.5, 0.6) is 0 Å². The summed E-state index contributed by atoms with van der Waals surface area (Å²) < 4.78 is 0. The Morgan fingerprint density at radius 2 is 1.94 bits per heavy atom. The average molecular weight is 442 g/mol. The molecule has 2 aromatic rings. The van der Waals surface area contributed by atoms with Crippen LogP contribution in [0.25, 0.3) is 0 Å². The summed E-state index contributed by atoms with van der Waals surface area (Å²) in [6.45, 7) is 7.05. The quantitative estimate of drug-likeness (QED) is 0.614. The number of nitrogens with zero attached hydrogens (tertiary/aromatic N) is 3. The molecule has 0 bridgehead atoms. The molecule has 0 spiro atoms. The molecule has 7 nitrogen and oxygen atoms in total. The van der Waals surface area contributed by atoms with Gasteiger partial charge in [0.25, 0.3) is 0 Å². The van der Waals surface area contributed by atoms with Crippen molar-refractivity contribution in [3.63, 3.8) is 0 Å². The molecule has 31 heavy (non-hydrogen) atoms. The van der Waals surface area contributed by atoms with E-state index in [0.717, 1.165) is 28.5 Å². The third kappa shape index (κ3) is 7.56. The zero-order chi connectivity index (χ0) is 22.1. The summed E-state index contributed by atoms with van der Waals surface area (Å²) in [5.74, 6) is 0.839. The Hall–Kier alpha value is -2.58. The minimum atomic E-state index is -0.0989. The molecule has 0 aliphatic carbocycles. The van der Waals surface area contributed by atoms with Gasteiger partial charge in [0, 0.05) is 49.9 Å². The van der Waals surface area contributed by atoms with Crippen molar-refractivity contribution in [2.45, 2.75) is 37.1 Å². The maximum atomic E-state index is 12.7. The van der Waals surface area contributed by atoms with Crippen LogP contribution in [0, 0.1) is 0 Å². The number of anilines is 1. The molecule has 1 atom stereocenters. The molecule has 1 saturated heterocycles. The summed E-state index contributed by atoms with van der Waals surface area (Å²) in [5, 5.41) is 6.97. The molecule has 166 valence electrons. The van der Waals surface area contributed by atoms with Crippen molar-refractivity contribution in [1.29, 1.82) is 0 Å². The van der Waals surface area contributed by atoms with Crippen LogP contribution < -0.4 is 10.6 Å². The van der Waals surface area contributed by atoms with Gasteiger partial charge >= 0.3 is 6.03 Å². The summed E-state index contributed by atoms with van der Waals surface area (Å²) in [6.07, 6.45) is 2.71. The third-order valence-corrected chi connectivity index (χ3v) is 6.26. The number of urea groups is 1. The summed E-state index contributed by atoms with van der Waals surface area (Å²) in [4.78, 5) is 33.0. The lowest BCUT2D eigenvalue weighted by atomic mass is 10.2. The molecular weight excluding hydrogens is 410 g/mol. The van der Waals surface area contributed by atoms with Crippen LogP contribution in [0.1, 0.15) is 25.8 Å². The van der Waals surface area contributed by atoms with Crippen molar-refractivity contribution < 1.29 is 9.59 Å². The number of hydrogen-bond donors (Lipinski definition) is 2. The molecule has 1 aliphatic heterocycles. The molecule has 2 N–H and O–H groups in total. The van der Waals surface area contributed by atoms with Gasteiger partial charge in [0.1, 0.15) is 0 Å². The molecule has 1 fully saturated rings. The highest BCUT2D eigenvalue weighted by Crippen LogP contribution is 2.22. The van der Waals surface area contributed by atoms with Crippen molar-refractivity contribution >= 4 is 29.4 Å². The zero-order valence-electron chi connectivity index (χ0n) is 18.2. The van der Waals surface area contributed by atoms with E-state index in [1.807, 2.05) is 43.3 Å². The number of aromatic nitrogens is 1. The lowest BCUT2D eigenvalue weighted by Gasteiger charge is -2.34. The van der Waals surface area contributed by atoms with Gasteiger partial charge < -0.3 is 15.5 Å². The van der Waals surface area contributed by atoms with Crippen LogP contribution in [-0.2, 0) is 10.5 Å². The fourth-order valence-corrected chi connectivity index (χ4v) is 4.07. The van der Waals surface area contributed by atoms with Crippen LogP contribution in [0.3, 0.4) is 0 Å². The van der Waals surface area contributed by atoms with Crippen LogP contribution in [0.4, 0.5) is 10.5 Å². The van der Waals surface area contributed by atoms with E-state index in [1.165, 1.54) is 0 Å². The van der Waals surface area contributed by atoms with Gasteiger partial charge in [-0.2, -0.15) is 0 Å². The van der Waals surface area contributed by atoms with Gasteiger partial charge in [-0.05, 0) is 43.2 Å². The minimum absolute atomic E-state index is 0.0487. The lowest BCUT2D eigenvalue weighted by molar-refractivity contribution is -0.123. The number of thioether (sulfide) groups is 1. The maximum absolute atomic E-state index is 12.7. The second kappa shape index (κ2) is 11.7. The van der Waals surface area contributed by atoms with Crippen LogP contribution in [0.15, 0.2) is 53.7 Å². The molecular formula is C23H31N5O2S. The molecule has 3 rings (SSSR count). The molecule has 0 radical (unpaired) electrons. The normalized spacial score (nSPS) is 15.4. The molecule has 1 aromatic carbocycles. The fourth-order valence-electron chi connectivity index (χ4n) is 3.27. The number of rotatable bonds is 8. The van der Waals surface area contributed by atoms with Gasteiger partial charge in [0.15, 0.2) is 0 Å². The number of benzene rings is 1. The van der Waals surface area contributed by atoms with Crippen molar-refractivity contribution in [3.8, 4) is 0 Å². The van der Waals surface area contributed by atoms with E-state index in [4.69, 9.17) is 0 Å². The lowest BCUT2D eigenvalue weighted by Crippen LogP contribution is -2.52. The number of pyridine rings is 1. The first kappa shape index (κ1) is 23.1. The first-order valence-corrected chi connectivity index (χ1v) is 11.7. The monoisotopic (exact) mass is 441 g/mol. The van der Waals surface area contributed by atoms with Crippen molar-refractivity contribution in [2.24, 2.45) is 0 Å². The van der Waals surface area contributed by atoms with Gasteiger partial charge in [0.2, 0.25) is 5.91 Å². The molecule has 8 heteroatoms. The summed E-state index contributed by atoms with van der Waals surface area (Å²) in [6, 6.07) is 13.9. The minimum Gasteiger partial charge on any atom is -0.353 e. The maximum Gasteiger partial charge on any atom is 0.321 e. The number of carbonyl (C=O) groups is 2. The van der Waals surface area contributed by atoms with Gasteiger partial charge in [-0.15, -0.1) is 11.8 Å². The van der Waals surface area contributed by atoms with Crippen molar-refractivity contribution in [1.82, 2.24) is 20.1 Å². The molecule has 1 aliphatic rings. The van der Waals surface area contributed by atoms with E-state index in [-0.39, 0.29) is 18.0 Å². The van der Waals surface area contributed by atoms with E-state index in [9.17, 15) is 9.59 Å². The molecule has 0 saturated carbocycles. The SMILES string of the molecule is CCC(C)NC(=O)CN1CCN(C(=O)Nc2cccc(CSc3ccccn3)c2)CC1. The van der Waals surface area contributed by atoms with E-state index in [0.29, 0.717) is 32.7 Å². The first-order chi connectivity index (χ1) is 15.0. The largest absolute Gasteiger partial charge is 0.353 e. The standard InChI is InChI=1S/C23H31N5O2S/c1-3-18(2)25-21(29)16-27-11-13-28(14-12-27)23(30)26-20-8-6-7-19(15-20)17-31-22-9-4-5-10-24-22/h4-10,15,18H,3,11-14,16-17H2,1-2H3,(H,25,29)(H,26,30). The second-order valence-electron chi connectivity index (χ2n) is 7.73. The summed E-state index contributed by atoms with van der Waals surface area (Å²) in [5.41, 5.74) is 1.92. The highest BCUT2D eigenvalue weighted by atomic mass is 32.2. The van der Waals surface area contributed by atoms with Crippen molar-refractivity contribution in [3.05, 3.63) is 54.2 Å². The Morgan fingerprint density at radius 3 is 2.65 bits per heavy atom. The molecule has 1 aromatic heterocycles. The first-order valence-electron chi connectivity index (χ1n) is 10.7. The number of amides is 3. The Balaban J connectivity index is 1.44. The Labute approximate surface area is 188 Å². The number of carbonyl (C=O) groups excluding carboxylic acids is 2. The number of hydrogen-bond acceptors (Lipinski definition) is 5.